The Morgan fingerprint density at radius 3 is 2.44 bits per heavy atom. The SMILES string of the molecule is CCOC(=O)[C@H]1[C@H]2C(=O)N([C@@H](CO)C(C)C)[C@H](C(=O)Nc3ccc(Cl)cc3)[C@H]2C=C[C@H]1C. The molecular weight excluding hydrogens is 432 g/mol. The van der Waals surface area contributed by atoms with Crippen molar-refractivity contribution in [1.82, 2.24) is 4.90 Å². The van der Waals surface area contributed by atoms with E-state index < -0.39 is 35.8 Å². The lowest BCUT2D eigenvalue weighted by atomic mass is 9.70. The molecule has 0 spiro atoms. The first-order chi connectivity index (χ1) is 15.2. The van der Waals surface area contributed by atoms with E-state index in [1.54, 1.807) is 31.2 Å². The molecule has 1 aliphatic carbocycles. The zero-order valence-electron chi connectivity index (χ0n) is 18.8. The van der Waals surface area contributed by atoms with Crippen LogP contribution in [0.5, 0.6) is 0 Å². The van der Waals surface area contributed by atoms with Crippen LogP contribution in [0.2, 0.25) is 5.02 Å². The van der Waals surface area contributed by atoms with Crippen molar-refractivity contribution in [2.24, 2.45) is 29.6 Å². The summed E-state index contributed by atoms with van der Waals surface area (Å²) < 4.78 is 5.27. The Balaban J connectivity index is 2.02. The van der Waals surface area contributed by atoms with E-state index in [4.69, 9.17) is 16.3 Å². The van der Waals surface area contributed by atoms with Crippen molar-refractivity contribution >= 4 is 35.1 Å². The number of carbonyl (C=O) groups excluding carboxylic acids is 3. The van der Waals surface area contributed by atoms with Crippen LogP contribution in [0.15, 0.2) is 36.4 Å². The number of ether oxygens (including phenoxy) is 1. The number of likely N-dealkylation sites (tertiary alicyclic amines) is 1. The number of fused-ring (bicyclic) bond motifs is 1. The van der Waals surface area contributed by atoms with Gasteiger partial charge in [0.2, 0.25) is 11.8 Å². The summed E-state index contributed by atoms with van der Waals surface area (Å²) in [6, 6.07) is 5.29. The van der Waals surface area contributed by atoms with Crippen molar-refractivity contribution in [2.45, 2.75) is 39.8 Å². The molecule has 1 fully saturated rings. The first-order valence-electron chi connectivity index (χ1n) is 11.1. The Kier molecular flexibility index (Phi) is 7.62. The van der Waals surface area contributed by atoms with Crippen molar-refractivity contribution < 1.29 is 24.2 Å². The van der Waals surface area contributed by atoms with E-state index in [0.29, 0.717) is 10.7 Å². The predicted octanol–water partition coefficient (Wildman–Crippen LogP) is 3.12. The topological polar surface area (TPSA) is 95.9 Å². The molecule has 32 heavy (non-hydrogen) atoms. The lowest BCUT2D eigenvalue weighted by Crippen LogP contribution is -2.52. The Morgan fingerprint density at radius 2 is 1.88 bits per heavy atom. The molecule has 0 bridgehead atoms. The van der Waals surface area contributed by atoms with Gasteiger partial charge in [-0.3, -0.25) is 14.4 Å². The first kappa shape index (κ1) is 24.3. The second-order valence-electron chi connectivity index (χ2n) is 8.81. The minimum Gasteiger partial charge on any atom is -0.466 e. The Bertz CT molecular complexity index is 885. The van der Waals surface area contributed by atoms with Crippen molar-refractivity contribution in [3.05, 3.63) is 41.4 Å². The van der Waals surface area contributed by atoms with Crippen molar-refractivity contribution in [2.75, 3.05) is 18.5 Å². The van der Waals surface area contributed by atoms with Gasteiger partial charge in [0.1, 0.15) is 6.04 Å². The predicted molar refractivity (Wildman–Crippen MR) is 122 cm³/mol. The largest absolute Gasteiger partial charge is 0.466 e. The monoisotopic (exact) mass is 462 g/mol. The van der Waals surface area contributed by atoms with Gasteiger partial charge in [0.05, 0.1) is 31.1 Å². The number of hydrogen-bond acceptors (Lipinski definition) is 5. The molecule has 0 unspecified atom stereocenters. The van der Waals surface area contributed by atoms with Crippen LogP contribution in [0, 0.1) is 29.6 Å². The van der Waals surface area contributed by atoms with Gasteiger partial charge in [-0.25, -0.2) is 0 Å². The van der Waals surface area contributed by atoms with Crippen molar-refractivity contribution in [1.29, 1.82) is 0 Å². The molecule has 8 heteroatoms. The van der Waals surface area contributed by atoms with Gasteiger partial charge in [-0.1, -0.05) is 44.5 Å². The van der Waals surface area contributed by atoms with Crippen LogP contribution >= 0.6 is 11.6 Å². The molecule has 0 aromatic heterocycles. The highest BCUT2D eigenvalue weighted by Crippen LogP contribution is 2.45. The van der Waals surface area contributed by atoms with Crippen molar-refractivity contribution in [3.8, 4) is 0 Å². The third-order valence-corrected chi connectivity index (χ3v) is 6.71. The molecule has 1 saturated heterocycles. The zero-order valence-corrected chi connectivity index (χ0v) is 19.6. The van der Waals surface area contributed by atoms with Gasteiger partial charge in [-0.05, 0) is 43.0 Å². The van der Waals surface area contributed by atoms with Crippen molar-refractivity contribution in [3.63, 3.8) is 0 Å². The lowest BCUT2D eigenvalue weighted by molar-refractivity contribution is -0.156. The number of anilines is 1. The number of amides is 2. The normalized spacial score (nSPS) is 27.9. The number of allylic oxidation sites excluding steroid dienone is 1. The van der Waals surface area contributed by atoms with Gasteiger partial charge in [-0.2, -0.15) is 0 Å². The van der Waals surface area contributed by atoms with E-state index in [1.807, 2.05) is 32.9 Å². The molecule has 2 amide bonds. The molecule has 0 saturated carbocycles. The number of aliphatic hydroxyl groups excluding tert-OH is 1. The number of aliphatic hydroxyl groups is 1. The van der Waals surface area contributed by atoms with Gasteiger partial charge < -0.3 is 20.1 Å². The van der Waals surface area contributed by atoms with Crippen LogP contribution in [0.1, 0.15) is 27.7 Å². The third-order valence-electron chi connectivity index (χ3n) is 6.46. The van der Waals surface area contributed by atoms with E-state index in [2.05, 4.69) is 5.32 Å². The lowest BCUT2D eigenvalue weighted by Gasteiger charge is -2.35. The summed E-state index contributed by atoms with van der Waals surface area (Å²) >= 11 is 5.94. The van der Waals surface area contributed by atoms with Gasteiger partial charge in [0, 0.05) is 16.6 Å². The molecular formula is C24H31ClN2O5. The minimum absolute atomic E-state index is 0.0858. The molecule has 6 atom stereocenters. The van der Waals surface area contributed by atoms with Gasteiger partial charge in [0.15, 0.2) is 0 Å². The molecule has 2 N–H and O–H groups in total. The summed E-state index contributed by atoms with van der Waals surface area (Å²) in [4.78, 5) is 41.4. The Morgan fingerprint density at radius 1 is 1.22 bits per heavy atom. The summed E-state index contributed by atoms with van der Waals surface area (Å²) in [5.74, 6) is -3.29. The number of nitrogens with one attached hydrogen (secondary N) is 1. The number of nitrogens with zero attached hydrogens (tertiary/aromatic N) is 1. The molecule has 3 rings (SSSR count). The second kappa shape index (κ2) is 10.0. The molecule has 7 nitrogen and oxygen atoms in total. The fourth-order valence-electron chi connectivity index (χ4n) is 4.86. The van der Waals surface area contributed by atoms with Crippen LogP contribution < -0.4 is 5.32 Å². The fraction of sp³-hybridized carbons (Fsp3) is 0.542. The van der Waals surface area contributed by atoms with Gasteiger partial charge in [-0.15, -0.1) is 0 Å². The highest BCUT2D eigenvalue weighted by molar-refractivity contribution is 6.30. The maximum absolute atomic E-state index is 13.7. The van der Waals surface area contributed by atoms with E-state index in [0.717, 1.165) is 0 Å². The molecule has 1 aliphatic heterocycles. The molecule has 0 radical (unpaired) electrons. The molecule has 1 aromatic rings. The Hall–Kier alpha value is -2.38. The number of halogens is 1. The van der Waals surface area contributed by atoms with E-state index in [-0.39, 0.29) is 36.9 Å². The third kappa shape index (κ3) is 4.55. The summed E-state index contributed by atoms with van der Waals surface area (Å²) in [7, 11) is 0. The summed E-state index contributed by atoms with van der Waals surface area (Å²) in [6.45, 7) is 7.32. The van der Waals surface area contributed by atoms with Crippen LogP contribution in [-0.4, -0.2) is 53.1 Å². The van der Waals surface area contributed by atoms with E-state index in [1.165, 1.54) is 4.90 Å². The average Bonchev–Trinajstić information content (AvgIpc) is 3.02. The molecule has 1 aromatic carbocycles. The summed E-state index contributed by atoms with van der Waals surface area (Å²) in [5, 5.41) is 13.5. The smallest absolute Gasteiger partial charge is 0.310 e. The number of carbonyl (C=O) groups is 3. The quantitative estimate of drug-likeness (QED) is 0.479. The van der Waals surface area contributed by atoms with Crippen LogP contribution in [0.3, 0.4) is 0 Å². The van der Waals surface area contributed by atoms with Gasteiger partial charge in [0.25, 0.3) is 0 Å². The number of benzene rings is 1. The van der Waals surface area contributed by atoms with Crippen LogP contribution in [0.4, 0.5) is 5.69 Å². The van der Waals surface area contributed by atoms with E-state index >= 15 is 0 Å². The average molecular weight is 463 g/mol. The Labute approximate surface area is 193 Å². The highest BCUT2D eigenvalue weighted by Gasteiger charge is 2.58. The minimum atomic E-state index is -0.858. The molecule has 174 valence electrons. The summed E-state index contributed by atoms with van der Waals surface area (Å²) in [5.41, 5.74) is 0.551. The first-order valence-corrected chi connectivity index (χ1v) is 11.4. The standard InChI is InChI=1S/C24H31ClN2O5/c1-5-32-24(31)19-14(4)6-11-17-20(19)23(30)27(18(12-28)13(2)3)21(17)22(29)26-16-9-7-15(25)8-10-16/h6-11,13-14,17-21,28H,5,12H2,1-4H3,(H,26,29)/t14-,17+,18+,19-,20+,21+/m1/s1. The fourth-order valence-corrected chi connectivity index (χ4v) is 4.99. The van der Waals surface area contributed by atoms with Gasteiger partial charge >= 0.3 is 5.97 Å². The van der Waals surface area contributed by atoms with Crippen LogP contribution in [-0.2, 0) is 19.1 Å². The maximum atomic E-state index is 13.7. The zero-order chi connectivity index (χ0) is 23.6. The maximum Gasteiger partial charge on any atom is 0.310 e. The molecule has 2 aliphatic rings. The number of esters is 1. The number of hydrogen-bond donors (Lipinski definition) is 2. The second-order valence-corrected chi connectivity index (χ2v) is 9.24. The number of rotatable bonds is 7. The van der Waals surface area contributed by atoms with E-state index in [9.17, 15) is 19.5 Å². The van der Waals surface area contributed by atoms with Crippen LogP contribution in [0.25, 0.3) is 0 Å². The molecule has 1 heterocycles. The highest BCUT2D eigenvalue weighted by atomic mass is 35.5. The summed E-state index contributed by atoms with van der Waals surface area (Å²) in [6.07, 6.45) is 3.75.